The number of likely N-dealkylation sites (N-methyl/N-ethyl adjacent to an activating group) is 1. The molecule has 1 saturated heterocycles. The van der Waals surface area contributed by atoms with Crippen molar-refractivity contribution in [2.45, 2.75) is 18.8 Å². The van der Waals surface area contributed by atoms with Gasteiger partial charge in [-0.1, -0.05) is 36.4 Å². The second-order valence-electron chi connectivity index (χ2n) is 9.14. The van der Waals surface area contributed by atoms with E-state index in [1.54, 1.807) is 4.90 Å². The van der Waals surface area contributed by atoms with Gasteiger partial charge in [-0.05, 0) is 42.9 Å². The van der Waals surface area contributed by atoms with E-state index in [9.17, 15) is 22.8 Å². The van der Waals surface area contributed by atoms with Crippen molar-refractivity contribution in [2.75, 3.05) is 39.8 Å². The number of alkyl halides is 3. The van der Waals surface area contributed by atoms with E-state index in [-0.39, 0.29) is 36.3 Å². The SMILES string of the molecule is CN1CCN(C(=O)[C@H](COCc2ccccc2)NC(=O)c2cccnc2Oc2cccc(C(F)(F)F)c2)CC1. The number of pyridine rings is 1. The third-order valence-corrected chi connectivity index (χ3v) is 6.21. The number of nitrogens with zero attached hydrogens (tertiary/aromatic N) is 3. The van der Waals surface area contributed by atoms with E-state index >= 15 is 0 Å². The van der Waals surface area contributed by atoms with Crippen LogP contribution in [-0.4, -0.2) is 72.5 Å². The molecule has 1 atom stereocenters. The van der Waals surface area contributed by atoms with Gasteiger partial charge in [0.15, 0.2) is 0 Å². The molecule has 3 aromatic rings. The summed E-state index contributed by atoms with van der Waals surface area (Å²) in [5.41, 5.74) is -0.0110. The smallest absolute Gasteiger partial charge is 0.416 e. The van der Waals surface area contributed by atoms with Gasteiger partial charge in [-0.25, -0.2) is 4.98 Å². The van der Waals surface area contributed by atoms with Crippen LogP contribution in [0.3, 0.4) is 0 Å². The van der Waals surface area contributed by atoms with Crippen molar-refractivity contribution in [3.63, 3.8) is 0 Å². The van der Waals surface area contributed by atoms with Gasteiger partial charge in [0.1, 0.15) is 17.4 Å². The maximum Gasteiger partial charge on any atom is 0.416 e. The highest BCUT2D eigenvalue weighted by Gasteiger charge is 2.32. The number of benzene rings is 2. The van der Waals surface area contributed by atoms with Gasteiger partial charge in [0.2, 0.25) is 11.8 Å². The maximum atomic E-state index is 13.4. The molecule has 11 heteroatoms. The summed E-state index contributed by atoms with van der Waals surface area (Å²) in [6.07, 6.45) is -3.20. The van der Waals surface area contributed by atoms with Crippen LogP contribution in [0.15, 0.2) is 72.9 Å². The van der Waals surface area contributed by atoms with Crippen molar-refractivity contribution in [2.24, 2.45) is 0 Å². The largest absolute Gasteiger partial charge is 0.438 e. The van der Waals surface area contributed by atoms with Crippen LogP contribution in [0.2, 0.25) is 0 Å². The van der Waals surface area contributed by atoms with E-state index in [4.69, 9.17) is 9.47 Å². The van der Waals surface area contributed by atoms with E-state index in [0.29, 0.717) is 26.2 Å². The lowest BCUT2D eigenvalue weighted by molar-refractivity contribution is -0.138. The minimum atomic E-state index is -4.56. The van der Waals surface area contributed by atoms with Crippen molar-refractivity contribution in [3.05, 3.63) is 89.6 Å². The van der Waals surface area contributed by atoms with E-state index in [2.05, 4.69) is 15.2 Å². The topological polar surface area (TPSA) is 84.0 Å². The molecule has 0 saturated carbocycles. The molecule has 1 fully saturated rings. The minimum Gasteiger partial charge on any atom is -0.438 e. The summed E-state index contributed by atoms with van der Waals surface area (Å²) in [6, 6.07) is 15.6. The van der Waals surface area contributed by atoms with Gasteiger partial charge in [0, 0.05) is 32.4 Å². The molecule has 39 heavy (non-hydrogen) atoms. The van der Waals surface area contributed by atoms with Gasteiger partial charge < -0.3 is 24.6 Å². The van der Waals surface area contributed by atoms with E-state index in [1.165, 1.54) is 30.5 Å². The van der Waals surface area contributed by atoms with Crippen LogP contribution in [0.25, 0.3) is 0 Å². The fourth-order valence-electron chi connectivity index (χ4n) is 4.02. The molecule has 0 aliphatic carbocycles. The van der Waals surface area contributed by atoms with Crippen LogP contribution in [0.5, 0.6) is 11.6 Å². The number of carbonyl (C=O) groups excluding carboxylic acids is 2. The Labute approximate surface area is 224 Å². The lowest BCUT2D eigenvalue weighted by Crippen LogP contribution is -2.55. The zero-order valence-corrected chi connectivity index (χ0v) is 21.4. The molecule has 8 nitrogen and oxygen atoms in total. The van der Waals surface area contributed by atoms with Crippen molar-refractivity contribution in [1.82, 2.24) is 20.1 Å². The van der Waals surface area contributed by atoms with E-state index in [0.717, 1.165) is 17.7 Å². The third-order valence-electron chi connectivity index (χ3n) is 6.21. The molecule has 1 aliphatic rings. The van der Waals surface area contributed by atoms with Gasteiger partial charge in [-0.15, -0.1) is 0 Å². The summed E-state index contributed by atoms with van der Waals surface area (Å²) in [6.45, 7) is 2.61. The summed E-state index contributed by atoms with van der Waals surface area (Å²) in [7, 11) is 1.97. The van der Waals surface area contributed by atoms with E-state index in [1.807, 2.05) is 37.4 Å². The van der Waals surface area contributed by atoms with Gasteiger partial charge in [0.05, 0.1) is 18.8 Å². The Hall–Kier alpha value is -3.96. The van der Waals surface area contributed by atoms with Crippen molar-refractivity contribution >= 4 is 11.8 Å². The molecule has 4 rings (SSSR count). The van der Waals surface area contributed by atoms with Crippen molar-refractivity contribution in [1.29, 1.82) is 0 Å². The first kappa shape index (κ1) is 28.1. The molecular weight excluding hydrogens is 513 g/mol. The van der Waals surface area contributed by atoms with Gasteiger partial charge >= 0.3 is 6.18 Å². The monoisotopic (exact) mass is 542 g/mol. The predicted molar refractivity (Wildman–Crippen MR) is 137 cm³/mol. The quantitative estimate of drug-likeness (QED) is 0.441. The molecule has 2 aromatic carbocycles. The summed E-state index contributed by atoms with van der Waals surface area (Å²) in [5, 5.41) is 2.72. The molecule has 1 N–H and O–H groups in total. The highest BCUT2D eigenvalue weighted by molar-refractivity contribution is 5.99. The first-order valence-electron chi connectivity index (χ1n) is 12.4. The number of hydrogen-bond acceptors (Lipinski definition) is 6. The Kier molecular flexibility index (Phi) is 9.15. The molecule has 2 amide bonds. The van der Waals surface area contributed by atoms with Gasteiger partial charge in [0.25, 0.3) is 5.91 Å². The molecule has 0 bridgehead atoms. The molecule has 0 unspecified atom stereocenters. The third kappa shape index (κ3) is 7.78. The Balaban J connectivity index is 1.50. The van der Waals surface area contributed by atoms with Crippen molar-refractivity contribution in [3.8, 4) is 11.6 Å². The van der Waals surface area contributed by atoms with Crippen LogP contribution in [-0.2, 0) is 22.3 Å². The second-order valence-corrected chi connectivity index (χ2v) is 9.14. The summed E-state index contributed by atoms with van der Waals surface area (Å²) < 4.78 is 50.8. The Morgan fingerprint density at radius 3 is 2.46 bits per heavy atom. The van der Waals surface area contributed by atoms with Crippen LogP contribution in [0.1, 0.15) is 21.5 Å². The number of piperazine rings is 1. The lowest BCUT2D eigenvalue weighted by Gasteiger charge is -2.34. The average molecular weight is 543 g/mol. The maximum absolute atomic E-state index is 13.4. The Morgan fingerprint density at radius 2 is 1.74 bits per heavy atom. The molecule has 0 radical (unpaired) electrons. The molecule has 0 spiro atoms. The summed E-state index contributed by atoms with van der Waals surface area (Å²) in [4.78, 5) is 34.5. The second kappa shape index (κ2) is 12.7. The lowest BCUT2D eigenvalue weighted by atomic mass is 10.2. The molecule has 2 heterocycles. The first-order valence-corrected chi connectivity index (χ1v) is 12.4. The number of amides is 2. The highest BCUT2D eigenvalue weighted by Crippen LogP contribution is 2.33. The Bertz CT molecular complexity index is 1260. The zero-order chi connectivity index (χ0) is 27.8. The van der Waals surface area contributed by atoms with Crippen molar-refractivity contribution < 1.29 is 32.2 Å². The number of hydrogen-bond donors (Lipinski definition) is 1. The number of aromatic nitrogens is 1. The normalized spacial score (nSPS) is 15.0. The summed E-state index contributed by atoms with van der Waals surface area (Å²) in [5.74, 6) is -1.27. The first-order chi connectivity index (χ1) is 18.7. The van der Waals surface area contributed by atoms with Crippen LogP contribution < -0.4 is 10.1 Å². The molecule has 206 valence electrons. The van der Waals surface area contributed by atoms with Crippen LogP contribution in [0, 0.1) is 0 Å². The number of ether oxygens (including phenoxy) is 2. The molecule has 1 aromatic heterocycles. The van der Waals surface area contributed by atoms with Gasteiger partial charge in [-0.3, -0.25) is 9.59 Å². The number of nitrogens with one attached hydrogen (secondary N) is 1. The van der Waals surface area contributed by atoms with E-state index < -0.39 is 23.7 Å². The molecule has 1 aliphatic heterocycles. The number of carbonyl (C=O) groups is 2. The number of rotatable bonds is 9. The van der Waals surface area contributed by atoms with Gasteiger partial charge in [-0.2, -0.15) is 13.2 Å². The number of halogens is 3. The fourth-order valence-corrected chi connectivity index (χ4v) is 4.02. The standard InChI is InChI=1S/C28H29F3N4O4/c1-34-13-15-35(16-14-34)27(37)24(19-38-18-20-7-3-2-4-8-20)33-25(36)23-11-6-12-32-26(23)39-22-10-5-9-21(17-22)28(29,30)31/h2-12,17,24H,13-16,18-19H2,1H3,(H,33,36)/t24-/m0/s1. The predicted octanol–water partition coefficient (Wildman–Crippen LogP) is 3.98. The van der Waals surface area contributed by atoms with Crippen LogP contribution in [0.4, 0.5) is 13.2 Å². The average Bonchev–Trinajstić information content (AvgIpc) is 2.93. The zero-order valence-electron chi connectivity index (χ0n) is 21.4. The Morgan fingerprint density at radius 1 is 1.00 bits per heavy atom. The summed E-state index contributed by atoms with van der Waals surface area (Å²) >= 11 is 0. The fraction of sp³-hybridized carbons (Fsp3) is 0.321. The minimum absolute atomic E-state index is 0.0332. The van der Waals surface area contributed by atoms with Crippen LogP contribution >= 0.6 is 0 Å². The molecular formula is C28H29F3N4O4. The highest BCUT2D eigenvalue weighted by atomic mass is 19.4.